The van der Waals surface area contributed by atoms with Crippen LogP contribution in [0.5, 0.6) is 5.75 Å². The second-order valence-corrected chi connectivity index (χ2v) is 3.83. The maximum atomic E-state index is 11.3. The Hall–Kier alpha value is -2.37. The van der Waals surface area contributed by atoms with Crippen LogP contribution in [0.2, 0.25) is 0 Å². The fourth-order valence-corrected chi connectivity index (χ4v) is 1.68. The third-order valence-corrected chi connectivity index (χ3v) is 2.54. The molecule has 0 radical (unpaired) electrons. The second-order valence-electron chi connectivity index (χ2n) is 3.83. The third-order valence-electron chi connectivity index (χ3n) is 2.54. The molecule has 6 nitrogen and oxygen atoms in total. The van der Waals surface area contributed by atoms with E-state index in [-0.39, 0.29) is 5.69 Å². The fraction of sp³-hybridized carbons (Fsp3) is 0.308. The molecule has 19 heavy (non-hydrogen) atoms. The minimum atomic E-state index is -0.496. The zero-order valence-corrected chi connectivity index (χ0v) is 10.9. The Morgan fingerprint density at radius 2 is 2.16 bits per heavy atom. The molecule has 0 saturated carbocycles. The number of para-hydroxylation sites is 1. The molecule has 0 amide bonds. The van der Waals surface area contributed by atoms with Crippen molar-refractivity contribution in [3.8, 4) is 5.75 Å². The SMILES string of the molecule is CCOc1ccccc1Cn1cc(C(=O)OC)nn1. The Morgan fingerprint density at radius 1 is 1.37 bits per heavy atom. The minimum absolute atomic E-state index is 0.191. The molecule has 6 heteroatoms. The number of hydrogen-bond donors (Lipinski definition) is 0. The summed E-state index contributed by atoms with van der Waals surface area (Å²) < 4.78 is 11.7. The Kier molecular flexibility index (Phi) is 4.12. The van der Waals surface area contributed by atoms with Gasteiger partial charge in [0.05, 0.1) is 26.5 Å². The highest BCUT2D eigenvalue weighted by Crippen LogP contribution is 2.18. The van der Waals surface area contributed by atoms with Gasteiger partial charge in [0.1, 0.15) is 5.75 Å². The topological polar surface area (TPSA) is 66.2 Å². The molecule has 2 rings (SSSR count). The van der Waals surface area contributed by atoms with Gasteiger partial charge in [-0.25, -0.2) is 9.48 Å². The summed E-state index contributed by atoms with van der Waals surface area (Å²) in [5.41, 5.74) is 1.17. The van der Waals surface area contributed by atoms with Crippen molar-refractivity contribution in [3.63, 3.8) is 0 Å². The van der Waals surface area contributed by atoms with E-state index in [2.05, 4.69) is 15.0 Å². The normalized spacial score (nSPS) is 10.2. The van der Waals surface area contributed by atoms with Crippen LogP contribution in [0.15, 0.2) is 30.5 Å². The Bertz CT molecular complexity index is 566. The molecule has 0 aliphatic carbocycles. The molecule has 0 spiro atoms. The molecule has 0 atom stereocenters. The Balaban J connectivity index is 2.17. The zero-order valence-electron chi connectivity index (χ0n) is 10.9. The van der Waals surface area contributed by atoms with Gasteiger partial charge >= 0.3 is 5.97 Å². The first-order chi connectivity index (χ1) is 9.24. The number of esters is 1. The number of aromatic nitrogens is 3. The molecular weight excluding hydrogens is 246 g/mol. The lowest BCUT2D eigenvalue weighted by molar-refractivity contribution is 0.0594. The van der Waals surface area contributed by atoms with Crippen molar-refractivity contribution in [1.82, 2.24) is 15.0 Å². The van der Waals surface area contributed by atoms with Crippen molar-refractivity contribution in [2.75, 3.05) is 13.7 Å². The molecule has 0 saturated heterocycles. The molecule has 1 heterocycles. The molecule has 100 valence electrons. The number of methoxy groups -OCH3 is 1. The van der Waals surface area contributed by atoms with Gasteiger partial charge in [0.15, 0.2) is 5.69 Å². The summed E-state index contributed by atoms with van der Waals surface area (Å²) in [6, 6.07) is 7.69. The van der Waals surface area contributed by atoms with Gasteiger partial charge < -0.3 is 9.47 Å². The first-order valence-corrected chi connectivity index (χ1v) is 5.93. The average molecular weight is 261 g/mol. The summed E-state index contributed by atoms with van der Waals surface area (Å²) in [6.07, 6.45) is 1.55. The van der Waals surface area contributed by atoms with Gasteiger partial charge in [-0.2, -0.15) is 0 Å². The molecule has 0 aliphatic rings. The van der Waals surface area contributed by atoms with Crippen LogP contribution >= 0.6 is 0 Å². The van der Waals surface area contributed by atoms with E-state index in [1.807, 2.05) is 31.2 Å². The number of carbonyl (C=O) groups is 1. The van der Waals surface area contributed by atoms with E-state index in [9.17, 15) is 4.79 Å². The van der Waals surface area contributed by atoms with Gasteiger partial charge in [-0.15, -0.1) is 5.10 Å². The van der Waals surface area contributed by atoms with Crippen molar-refractivity contribution in [2.45, 2.75) is 13.5 Å². The molecule has 1 aromatic heterocycles. The second kappa shape index (κ2) is 5.99. The summed E-state index contributed by atoms with van der Waals surface area (Å²) >= 11 is 0. The van der Waals surface area contributed by atoms with Crippen molar-refractivity contribution < 1.29 is 14.3 Å². The van der Waals surface area contributed by atoms with Crippen LogP contribution in [0.25, 0.3) is 0 Å². The van der Waals surface area contributed by atoms with Gasteiger partial charge in [-0.3, -0.25) is 0 Å². The molecular formula is C13H15N3O3. The molecule has 0 N–H and O–H groups in total. The first kappa shape index (κ1) is 13.1. The quantitative estimate of drug-likeness (QED) is 0.763. The van der Waals surface area contributed by atoms with Gasteiger partial charge in [0, 0.05) is 5.56 Å². The van der Waals surface area contributed by atoms with Gasteiger partial charge in [-0.05, 0) is 13.0 Å². The number of hydrogen-bond acceptors (Lipinski definition) is 5. The maximum Gasteiger partial charge on any atom is 0.360 e. The third kappa shape index (κ3) is 3.09. The predicted octanol–water partition coefficient (Wildman–Crippen LogP) is 1.51. The first-order valence-electron chi connectivity index (χ1n) is 5.93. The summed E-state index contributed by atoms with van der Waals surface area (Å²) in [6.45, 7) is 3.02. The summed E-state index contributed by atoms with van der Waals surface area (Å²) in [7, 11) is 1.31. The van der Waals surface area contributed by atoms with Crippen LogP contribution in [0, 0.1) is 0 Å². The van der Waals surface area contributed by atoms with Crippen LogP contribution in [-0.2, 0) is 11.3 Å². The van der Waals surface area contributed by atoms with E-state index in [0.29, 0.717) is 13.2 Å². The van der Waals surface area contributed by atoms with E-state index >= 15 is 0 Å². The van der Waals surface area contributed by atoms with Gasteiger partial charge in [-0.1, -0.05) is 23.4 Å². The van der Waals surface area contributed by atoms with E-state index in [1.54, 1.807) is 10.9 Å². The number of ether oxygens (including phenoxy) is 2. The van der Waals surface area contributed by atoms with Crippen molar-refractivity contribution in [3.05, 3.63) is 41.7 Å². The summed E-state index contributed by atoms with van der Waals surface area (Å²) in [5, 5.41) is 7.65. The van der Waals surface area contributed by atoms with Crippen LogP contribution < -0.4 is 4.74 Å². The standard InChI is InChI=1S/C13H15N3O3/c1-3-19-12-7-5-4-6-10(12)8-16-9-11(14-15-16)13(17)18-2/h4-7,9H,3,8H2,1-2H3. The molecule has 0 unspecified atom stereocenters. The van der Waals surface area contributed by atoms with E-state index < -0.39 is 5.97 Å². The molecule has 0 aliphatic heterocycles. The highest BCUT2D eigenvalue weighted by molar-refractivity contribution is 5.86. The smallest absolute Gasteiger partial charge is 0.360 e. The molecule has 0 fully saturated rings. The Labute approximate surface area is 110 Å². The van der Waals surface area contributed by atoms with E-state index in [0.717, 1.165) is 11.3 Å². The number of nitrogens with zero attached hydrogens (tertiary/aromatic N) is 3. The predicted molar refractivity (Wildman–Crippen MR) is 68.1 cm³/mol. The lowest BCUT2D eigenvalue weighted by atomic mass is 10.2. The van der Waals surface area contributed by atoms with Gasteiger partial charge in [0.2, 0.25) is 0 Å². The van der Waals surface area contributed by atoms with E-state index in [4.69, 9.17) is 4.74 Å². The molecule has 0 bridgehead atoms. The summed E-state index contributed by atoms with van der Waals surface area (Å²) in [4.78, 5) is 11.3. The van der Waals surface area contributed by atoms with Crippen LogP contribution in [0.1, 0.15) is 23.0 Å². The largest absolute Gasteiger partial charge is 0.494 e. The highest BCUT2D eigenvalue weighted by Gasteiger charge is 2.11. The van der Waals surface area contributed by atoms with Crippen molar-refractivity contribution in [2.24, 2.45) is 0 Å². The molecule has 1 aromatic carbocycles. The average Bonchev–Trinajstić information content (AvgIpc) is 2.89. The number of carbonyl (C=O) groups excluding carboxylic acids is 1. The van der Waals surface area contributed by atoms with Crippen molar-refractivity contribution >= 4 is 5.97 Å². The number of benzene rings is 1. The van der Waals surface area contributed by atoms with E-state index in [1.165, 1.54) is 7.11 Å². The van der Waals surface area contributed by atoms with Crippen molar-refractivity contribution in [1.29, 1.82) is 0 Å². The lowest BCUT2D eigenvalue weighted by Crippen LogP contribution is -2.04. The number of rotatable bonds is 5. The minimum Gasteiger partial charge on any atom is -0.494 e. The molecule has 2 aromatic rings. The van der Waals surface area contributed by atoms with Gasteiger partial charge in [0.25, 0.3) is 0 Å². The van der Waals surface area contributed by atoms with Crippen LogP contribution in [0.4, 0.5) is 0 Å². The Morgan fingerprint density at radius 3 is 2.89 bits per heavy atom. The zero-order chi connectivity index (χ0) is 13.7. The van der Waals surface area contributed by atoms with Crippen LogP contribution in [0.3, 0.4) is 0 Å². The lowest BCUT2D eigenvalue weighted by Gasteiger charge is -2.09. The fourth-order valence-electron chi connectivity index (χ4n) is 1.68. The monoisotopic (exact) mass is 261 g/mol. The van der Waals surface area contributed by atoms with Crippen LogP contribution in [-0.4, -0.2) is 34.7 Å². The maximum absolute atomic E-state index is 11.3. The highest BCUT2D eigenvalue weighted by atomic mass is 16.5. The summed E-state index contributed by atoms with van der Waals surface area (Å²) in [5.74, 6) is 0.310.